The number of methoxy groups -OCH3 is 2. The molecule has 0 fully saturated rings. The second-order valence-electron chi connectivity index (χ2n) is 3.67. The Hall–Kier alpha value is -2.30. The van der Waals surface area contributed by atoms with Gasteiger partial charge in [-0.25, -0.2) is 0 Å². The van der Waals surface area contributed by atoms with Gasteiger partial charge in [0.2, 0.25) is 0 Å². The summed E-state index contributed by atoms with van der Waals surface area (Å²) in [5.74, 6) is 1.40. The molecule has 0 spiro atoms. The first-order valence-corrected chi connectivity index (χ1v) is 5.17. The van der Waals surface area contributed by atoms with Crippen LogP contribution >= 0.6 is 0 Å². The lowest BCUT2D eigenvalue weighted by atomic mass is 10.1. The highest BCUT2D eigenvalue weighted by Crippen LogP contribution is 2.33. The van der Waals surface area contributed by atoms with Crippen LogP contribution in [-0.4, -0.2) is 28.8 Å². The summed E-state index contributed by atoms with van der Waals surface area (Å²) >= 11 is 0. The van der Waals surface area contributed by atoms with Gasteiger partial charge in [0, 0.05) is 11.6 Å². The zero-order chi connectivity index (χ0) is 11.8. The summed E-state index contributed by atoms with van der Waals surface area (Å²) in [6.45, 7) is 0. The van der Waals surface area contributed by atoms with Gasteiger partial charge in [-0.05, 0) is 23.6 Å². The average Bonchev–Trinajstić information content (AvgIpc) is 2.85. The minimum absolute atomic E-state index is 0.691. The molecule has 17 heavy (non-hydrogen) atoms. The molecule has 2 aromatic heterocycles. The number of ether oxygens (including phenoxy) is 2. The molecule has 0 saturated carbocycles. The lowest BCUT2D eigenvalue weighted by Crippen LogP contribution is -1.92. The van der Waals surface area contributed by atoms with E-state index >= 15 is 0 Å². The number of pyridine rings is 1. The van der Waals surface area contributed by atoms with Gasteiger partial charge in [-0.3, -0.25) is 4.40 Å². The second kappa shape index (κ2) is 3.62. The van der Waals surface area contributed by atoms with Crippen LogP contribution in [0.4, 0.5) is 0 Å². The largest absolute Gasteiger partial charge is 0.493 e. The SMILES string of the molecule is COc1cc2ccn3cnnc3c2cc1OC. The number of benzene rings is 1. The van der Waals surface area contributed by atoms with Gasteiger partial charge in [0.05, 0.1) is 14.2 Å². The summed E-state index contributed by atoms with van der Waals surface area (Å²) in [5, 5.41) is 10.0. The number of hydrogen-bond acceptors (Lipinski definition) is 4. The van der Waals surface area contributed by atoms with Crippen molar-refractivity contribution in [2.24, 2.45) is 0 Å². The summed E-state index contributed by atoms with van der Waals surface area (Å²) in [6, 6.07) is 5.84. The van der Waals surface area contributed by atoms with E-state index in [1.165, 1.54) is 0 Å². The molecule has 0 amide bonds. The van der Waals surface area contributed by atoms with Crippen molar-refractivity contribution in [3.8, 4) is 11.5 Å². The first-order chi connectivity index (χ1) is 8.33. The van der Waals surface area contributed by atoms with E-state index in [1.807, 2.05) is 28.8 Å². The van der Waals surface area contributed by atoms with Gasteiger partial charge in [0.1, 0.15) is 6.33 Å². The van der Waals surface area contributed by atoms with Crippen LogP contribution in [0.2, 0.25) is 0 Å². The normalized spacial score (nSPS) is 10.9. The van der Waals surface area contributed by atoms with Gasteiger partial charge < -0.3 is 9.47 Å². The van der Waals surface area contributed by atoms with Crippen molar-refractivity contribution in [2.45, 2.75) is 0 Å². The van der Waals surface area contributed by atoms with Gasteiger partial charge in [0.25, 0.3) is 0 Å². The molecule has 0 aliphatic carbocycles. The molecule has 3 rings (SSSR count). The third-order valence-corrected chi connectivity index (χ3v) is 2.78. The third kappa shape index (κ3) is 1.39. The molecule has 5 nitrogen and oxygen atoms in total. The molecule has 3 aromatic rings. The quantitative estimate of drug-likeness (QED) is 0.673. The predicted octanol–water partition coefficient (Wildman–Crippen LogP) is 1.90. The maximum atomic E-state index is 5.29. The number of rotatable bonds is 2. The van der Waals surface area contributed by atoms with Crippen molar-refractivity contribution in [3.05, 3.63) is 30.7 Å². The van der Waals surface area contributed by atoms with Crippen LogP contribution in [0, 0.1) is 0 Å². The van der Waals surface area contributed by atoms with Gasteiger partial charge >= 0.3 is 0 Å². The van der Waals surface area contributed by atoms with E-state index in [9.17, 15) is 0 Å². The van der Waals surface area contributed by atoms with Crippen LogP contribution in [0.5, 0.6) is 11.5 Å². The van der Waals surface area contributed by atoms with Crippen LogP contribution in [0.25, 0.3) is 16.4 Å². The van der Waals surface area contributed by atoms with E-state index in [2.05, 4.69) is 10.2 Å². The highest BCUT2D eigenvalue weighted by Gasteiger charge is 2.09. The van der Waals surface area contributed by atoms with Crippen molar-refractivity contribution < 1.29 is 9.47 Å². The molecular formula is C12H11N3O2. The lowest BCUT2D eigenvalue weighted by Gasteiger charge is -2.09. The molecule has 0 bridgehead atoms. The summed E-state index contributed by atoms with van der Waals surface area (Å²) in [7, 11) is 3.24. The third-order valence-electron chi connectivity index (χ3n) is 2.78. The van der Waals surface area contributed by atoms with Gasteiger partial charge in [0.15, 0.2) is 17.1 Å². The number of nitrogens with zero attached hydrogens (tertiary/aromatic N) is 3. The smallest absolute Gasteiger partial charge is 0.168 e. The topological polar surface area (TPSA) is 48.7 Å². The van der Waals surface area contributed by atoms with Crippen LogP contribution < -0.4 is 9.47 Å². The molecule has 2 heterocycles. The maximum Gasteiger partial charge on any atom is 0.168 e. The minimum Gasteiger partial charge on any atom is -0.493 e. The molecule has 0 atom stereocenters. The Labute approximate surface area is 97.6 Å². The zero-order valence-electron chi connectivity index (χ0n) is 9.54. The Bertz CT molecular complexity index is 691. The molecular weight excluding hydrogens is 218 g/mol. The Morgan fingerprint density at radius 3 is 2.65 bits per heavy atom. The summed E-state index contributed by atoms with van der Waals surface area (Å²) in [5.41, 5.74) is 0.809. The van der Waals surface area contributed by atoms with Crippen molar-refractivity contribution in [1.82, 2.24) is 14.6 Å². The van der Waals surface area contributed by atoms with E-state index in [4.69, 9.17) is 9.47 Å². The number of aromatic nitrogens is 3. The first kappa shape index (κ1) is 9.89. The lowest BCUT2D eigenvalue weighted by molar-refractivity contribution is 0.356. The van der Waals surface area contributed by atoms with E-state index in [0.29, 0.717) is 11.5 Å². The predicted molar refractivity (Wildman–Crippen MR) is 63.6 cm³/mol. The van der Waals surface area contributed by atoms with Crippen molar-refractivity contribution >= 4 is 16.4 Å². The molecule has 5 heteroatoms. The molecule has 1 aromatic carbocycles. The van der Waals surface area contributed by atoms with E-state index < -0.39 is 0 Å². The Morgan fingerprint density at radius 1 is 1.12 bits per heavy atom. The Kier molecular flexibility index (Phi) is 2.11. The highest BCUT2D eigenvalue weighted by molar-refractivity contribution is 5.95. The van der Waals surface area contributed by atoms with E-state index in [0.717, 1.165) is 16.4 Å². The van der Waals surface area contributed by atoms with Crippen molar-refractivity contribution in [3.63, 3.8) is 0 Å². The van der Waals surface area contributed by atoms with Crippen LogP contribution in [0.3, 0.4) is 0 Å². The van der Waals surface area contributed by atoms with Crippen LogP contribution in [-0.2, 0) is 0 Å². The van der Waals surface area contributed by atoms with Crippen LogP contribution in [0.15, 0.2) is 30.7 Å². The van der Waals surface area contributed by atoms with E-state index in [1.54, 1.807) is 20.5 Å². The fourth-order valence-electron chi connectivity index (χ4n) is 1.93. The summed E-state index contributed by atoms with van der Waals surface area (Å²) in [6.07, 6.45) is 3.59. The van der Waals surface area contributed by atoms with Gasteiger partial charge in [-0.2, -0.15) is 0 Å². The monoisotopic (exact) mass is 229 g/mol. The number of hydrogen-bond donors (Lipinski definition) is 0. The van der Waals surface area contributed by atoms with Crippen molar-refractivity contribution in [2.75, 3.05) is 14.2 Å². The Morgan fingerprint density at radius 2 is 1.88 bits per heavy atom. The summed E-state index contributed by atoms with van der Waals surface area (Å²) < 4.78 is 12.4. The number of fused-ring (bicyclic) bond motifs is 3. The zero-order valence-corrected chi connectivity index (χ0v) is 9.54. The van der Waals surface area contributed by atoms with Gasteiger partial charge in [-0.1, -0.05) is 0 Å². The second-order valence-corrected chi connectivity index (χ2v) is 3.67. The van der Waals surface area contributed by atoms with Gasteiger partial charge in [-0.15, -0.1) is 10.2 Å². The standard InChI is InChI=1S/C12H11N3O2/c1-16-10-5-8-3-4-15-7-13-14-12(15)9(8)6-11(10)17-2/h3-7H,1-2H3. The summed E-state index contributed by atoms with van der Waals surface area (Å²) in [4.78, 5) is 0. The molecule has 0 aliphatic rings. The fourth-order valence-corrected chi connectivity index (χ4v) is 1.93. The molecule has 0 unspecified atom stereocenters. The molecule has 0 saturated heterocycles. The Balaban J connectivity index is 2.42. The molecule has 0 aliphatic heterocycles. The fraction of sp³-hybridized carbons (Fsp3) is 0.167. The average molecular weight is 229 g/mol. The maximum absolute atomic E-state index is 5.29. The van der Waals surface area contributed by atoms with E-state index in [-0.39, 0.29) is 0 Å². The van der Waals surface area contributed by atoms with Crippen LogP contribution in [0.1, 0.15) is 0 Å². The highest BCUT2D eigenvalue weighted by atomic mass is 16.5. The minimum atomic E-state index is 0.691. The molecule has 0 N–H and O–H groups in total. The first-order valence-electron chi connectivity index (χ1n) is 5.17. The van der Waals surface area contributed by atoms with Crippen molar-refractivity contribution in [1.29, 1.82) is 0 Å². The molecule has 86 valence electrons. The molecule has 0 radical (unpaired) electrons.